The van der Waals surface area contributed by atoms with Crippen molar-refractivity contribution in [2.75, 3.05) is 0 Å². The predicted octanol–water partition coefficient (Wildman–Crippen LogP) is 3.82. The standard InChI is InChI=1S/C13H17ClN2S/c14-6-11-15-16-13(17-11)12-9-2-7-1-8(4-9)5-10(12)3-7/h7-10,12H,1-6H2. The molecule has 4 bridgehead atoms. The van der Waals surface area contributed by atoms with Gasteiger partial charge in [0.2, 0.25) is 0 Å². The number of rotatable bonds is 2. The van der Waals surface area contributed by atoms with Gasteiger partial charge in [-0.3, -0.25) is 0 Å². The van der Waals surface area contributed by atoms with Crippen LogP contribution in [-0.2, 0) is 5.88 Å². The Labute approximate surface area is 111 Å². The molecule has 17 heavy (non-hydrogen) atoms. The van der Waals surface area contributed by atoms with Crippen molar-refractivity contribution in [2.24, 2.45) is 23.7 Å². The van der Waals surface area contributed by atoms with Gasteiger partial charge in [0.05, 0.1) is 5.88 Å². The summed E-state index contributed by atoms with van der Waals surface area (Å²) in [6.45, 7) is 0. The highest BCUT2D eigenvalue weighted by Crippen LogP contribution is 2.59. The van der Waals surface area contributed by atoms with Crippen molar-refractivity contribution in [3.8, 4) is 0 Å². The van der Waals surface area contributed by atoms with Gasteiger partial charge in [0, 0.05) is 5.92 Å². The molecular weight excluding hydrogens is 252 g/mol. The molecule has 0 unspecified atom stereocenters. The lowest BCUT2D eigenvalue weighted by atomic mass is 9.52. The number of hydrogen-bond donors (Lipinski definition) is 0. The third kappa shape index (κ3) is 1.66. The van der Waals surface area contributed by atoms with Crippen LogP contribution in [0.15, 0.2) is 0 Å². The quantitative estimate of drug-likeness (QED) is 0.762. The minimum Gasteiger partial charge on any atom is -0.143 e. The molecular formula is C13H17ClN2S. The van der Waals surface area contributed by atoms with Gasteiger partial charge in [-0.1, -0.05) is 11.3 Å². The van der Waals surface area contributed by atoms with E-state index in [1.807, 2.05) is 0 Å². The van der Waals surface area contributed by atoms with Crippen LogP contribution < -0.4 is 0 Å². The third-order valence-corrected chi connectivity index (χ3v) is 6.54. The highest BCUT2D eigenvalue weighted by atomic mass is 35.5. The first-order valence-corrected chi connectivity index (χ1v) is 8.07. The topological polar surface area (TPSA) is 25.8 Å². The molecule has 4 heteroatoms. The fourth-order valence-electron chi connectivity index (χ4n) is 4.78. The summed E-state index contributed by atoms with van der Waals surface area (Å²) in [5.41, 5.74) is 0. The Morgan fingerprint density at radius 1 is 1.00 bits per heavy atom. The number of aromatic nitrogens is 2. The fourth-order valence-corrected chi connectivity index (χ4v) is 5.98. The Kier molecular flexibility index (Phi) is 2.48. The molecule has 1 aromatic heterocycles. The van der Waals surface area contributed by atoms with Crippen molar-refractivity contribution in [3.63, 3.8) is 0 Å². The molecule has 0 saturated heterocycles. The molecule has 1 heterocycles. The maximum atomic E-state index is 5.84. The molecule has 92 valence electrons. The van der Waals surface area contributed by atoms with E-state index in [0.29, 0.717) is 5.88 Å². The van der Waals surface area contributed by atoms with E-state index >= 15 is 0 Å². The van der Waals surface area contributed by atoms with Gasteiger partial charge in [-0.2, -0.15) is 0 Å². The maximum Gasteiger partial charge on any atom is 0.132 e. The van der Waals surface area contributed by atoms with Crippen molar-refractivity contribution in [1.82, 2.24) is 10.2 Å². The molecule has 0 amide bonds. The first-order valence-electron chi connectivity index (χ1n) is 6.71. The monoisotopic (exact) mass is 268 g/mol. The van der Waals surface area contributed by atoms with Crippen LogP contribution in [-0.4, -0.2) is 10.2 Å². The van der Waals surface area contributed by atoms with Gasteiger partial charge in [0.1, 0.15) is 10.0 Å². The summed E-state index contributed by atoms with van der Waals surface area (Å²) in [4.78, 5) is 0. The lowest BCUT2D eigenvalue weighted by molar-refractivity contribution is -0.00303. The summed E-state index contributed by atoms with van der Waals surface area (Å²) in [5, 5.41) is 10.9. The van der Waals surface area contributed by atoms with Gasteiger partial charge in [-0.15, -0.1) is 21.8 Å². The lowest BCUT2D eigenvalue weighted by Crippen LogP contribution is -2.43. The summed E-state index contributed by atoms with van der Waals surface area (Å²) in [5.74, 6) is 5.12. The second kappa shape index (κ2) is 3.92. The summed E-state index contributed by atoms with van der Waals surface area (Å²) in [6.07, 6.45) is 7.32. The maximum absolute atomic E-state index is 5.84. The largest absolute Gasteiger partial charge is 0.143 e. The van der Waals surface area contributed by atoms with Crippen LogP contribution in [0.2, 0.25) is 0 Å². The SMILES string of the molecule is ClCc1nnc(C2C3CC4CC(C3)CC2C4)s1. The van der Waals surface area contributed by atoms with E-state index in [1.165, 1.54) is 37.1 Å². The molecule has 2 nitrogen and oxygen atoms in total. The number of nitrogens with zero attached hydrogens (tertiary/aromatic N) is 2. The van der Waals surface area contributed by atoms with Crippen molar-refractivity contribution >= 4 is 22.9 Å². The van der Waals surface area contributed by atoms with Crippen LogP contribution in [0.25, 0.3) is 0 Å². The van der Waals surface area contributed by atoms with Crippen LogP contribution in [0.5, 0.6) is 0 Å². The van der Waals surface area contributed by atoms with E-state index in [0.717, 1.165) is 34.6 Å². The van der Waals surface area contributed by atoms with E-state index in [2.05, 4.69) is 10.2 Å². The number of halogens is 1. The molecule has 0 aromatic carbocycles. The van der Waals surface area contributed by atoms with Crippen LogP contribution in [0.3, 0.4) is 0 Å². The molecule has 4 aliphatic carbocycles. The minimum absolute atomic E-state index is 0.519. The summed E-state index contributed by atoms with van der Waals surface area (Å²) in [6, 6.07) is 0. The van der Waals surface area contributed by atoms with Gasteiger partial charge in [-0.25, -0.2) is 0 Å². The highest BCUT2D eigenvalue weighted by Gasteiger charge is 2.49. The average molecular weight is 269 g/mol. The Morgan fingerprint density at radius 3 is 2.18 bits per heavy atom. The summed E-state index contributed by atoms with van der Waals surface area (Å²) in [7, 11) is 0. The van der Waals surface area contributed by atoms with Gasteiger partial charge >= 0.3 is 0 Å². The fraction of sp³-hybridized carbons (Fsp3) is 0.846. The number of alkyl halides is 1. The van der Waals surface area contributed by atoms with E-state index in [9.17, 15) is 0 Å². The van der Waals surface area contributed by atoms with Crippen LogP contribution in [0.4, 0.5) is 0 Å². The van der Waals surface area contributed by atoms with E-state index in [1.54, 1.807) is 11.3 Å². The van der Waals surface area contributed by atoms with Crippen molar-refractivity contribution in [2.45, 2.75) is 43.9 Å². The molecule has 1 aromatic rings. The van der Waals surface area contributed by atoms with Crippen LogP contribution in [0, 0.1) is 23.7 Å². The zero-order valence-electron chi connectivity index (χ0n) is 9.81. The Morgan fingerprint density at radius 2 is 1.65 bits per heavy atom. The molecule has 0 aliphatic heterocycles. The zero-order chi connectivity index (χ0) is 11.4. The molecule has 0 N–H and O–H groups in total. The van der Waals surface area contributed by atoms with Crippen molar-refractivity contribution < 1.29 is 0 Å². The Bertz CT molecular complexity index is 403. The van der Waals surface area contributed by atoms with Gasteiger partial charge in [0.15, 0.2) is 0 Å². The first-order chi connectivity index (χ1) is 8.33. The van der Waals surface area contributed by atoms with E-state index in [-0.39, 0.29) is 0 Å². The Hall–Kier alpha value is -0.150. The normalized spacial score (nSPS) is 43.2. The van der Waals surface area contributed by atoms with E-state index < -0.39 is 0 Å². The second-order valence-electron chi connectivity index (χ2n) is 6.12. The van der Waals surface area contributed by atoms with Gasteiger partial charge in [-0.05, 0) is 55.8 Å². The average Bonchev–Trinajstić information content (AvgIpc) is 2.76. The lowest BCUT2D eigenvalue weighted by Gasteiger charge is -2.53. The molecule has 0 radical (unpaired) electrons. The minimum atomic E-state index is 0.519. The van der Waals surface area contributed by atoms with Gasteiger partial charge < -0.3 is 0 Å². The number of hydrogen-bond acceptors (Lipinski definition) is 3. The molecule has 4 aliphatic rings. The van der Waals surface area contributed by atoms with E-state index in [4.69, 9.17) is 11.6 Å². The van der Waals surface area contributed by atoms with Crippen LogP contribution >= 0.6 is 22.9 Å². The first kappa shape index (κ1) is 10.7. The van der Waals surface area contributed by atoms with Gasteiger partial charge in [0.25, 0.3) is 0 Å². The molecule has 4 saturated carbocycles. The molecule has 4 fully saturated rings. The molecule has 0 atom stereocenters. The summed E-state index contributed by atoms with van der Waals surface area (Å²) >= 11 is 7.60. The summed E-state index contributed by atoms with van der Waals surface area (Å²) < 4.78 is 0. The van der Waals surface area contributed by atoms with Crippen molar-refractivity contribution in [1.29, 1.82) is 0 Å². The van der Waals surface area contributed by atoms with Crippen LogP contribution in [0.1, 0.15) is 48.0 Å². The second-order valence-corrected chi connectivity index (χ2v) is 7.49. The smallest absolute Gasteiger partial charge is 0.132 e. The molecule has 5 rings (SSSR count). The predicted molar refractivity (Wildman–Crippen MR) is 69.3 cm³/mol. The molecule has 0 spiro atoms. The zero-order valence-corrected chi connectivity index (χ0v) is 11.4. The highest BCUT2D eigenvalue weighted by molar-refractivity contribution is 7.11. The Balaban J connectivity index is 1.65. The third-order valence-electron chi connectivity index (χ3n) is 5.11. The van der Waals surface area contributed by atoms with Crippen molar-refractivity contribution in [3.05, 3.63) is 10.0 Å².